The second-order valence-corrected chi connectivity index (χ2v) is 4.48. The molecule has 1 nitrogen and oxygen atoms in total. The summed E-state index contributed by atoms with van der Waals surface area (Å²) in [5.41, 5.74) is 4.77. The van der Waals surface area contributed by atoms with Gasteiger partial charge < -0.3 is 4.74 Å². The van der Waals surface area contributed by atoms with Gasteiger partial charge in [-0.25, -0.2) is 0 Å². The fourth-order valence-corrected chi connectivity index (χ4v) is 2.06. The summed E-state index contributed by atoms with van der Waals surface area (Å²) in [6.07, 6.45) is 0. The molecule has 0 aliphatic rings. The van der Waals surface area contributed by atoms with E-state index in [1.165, 1.54) is 16.7 Å². The Bertz CT molecular complexity index is 532. The van der Waals surface area contributed by atoms with Crippen molar-refractivity contribution >= 4 is 5.76 Å². The van der Waals surface area contributed by atoms with E-state index in [-0.39, 0.29) is 0 Å². The summed E-state index contributed by atoms with van der Waals surface area (Å²) in [5.74, 6) is 0.953. The fraction of sp³-hybridized carbons (Fsp3) is 0.176. The number of hydrogen-bond acceptors (Lipinski definition) is 1. The Hall–Kier alpha value is -2.02. The van der Waals surface area contributed by atoms with Crippen LogP contribution in [-0.2, 0) is 4.74 Å². The van der Waals surface area contributed by atoms with Crippen LogP contribution in [0.4, 0.5) is 0 Å². The van der Waals surface area contributed by atoms with Crippen LogP contribution in [0.3, 0.4) is 0 Å². The van der Waals surface area contributed by atoms with E-state index in [4.69, 9.17) is 4.74 Å². The zero-order chi connectivity index (χ0) is 13.0. The minimum atomic E-state index is 0.953. The maximum Gasteiger partial charge on any atom is 0.124 e. The predicted octanol–water partition coefficient (Wildman–Crippen LogP) is 4.75. The molecule has 0 unspecified atom stereocenters. The number of methoxy groups -OCH3 is 1. The third-order valence-corrected chi connectivity index (χ3v) is 2.91. The first-order valence-electron chi connectivity index (χ1n) is 6.09. The quantitative estimate of drug-likeness (QED) is 0.701. The number of hydrogen-bond donors (Lipinski definition) is 0. The lowest BCUT2D eigenvalue weighted by Crippen LogP contribution is -1.90. The summed E-state index contributed by atoms with van der Waals surface area (Å²) >= 11 is 0. The SMILES string of the molecule is COC(=C(C)C)c1ccc(-c2ccccc2)cc1. The van der Waals surface area contributed by atoms with Gasteiger partial charge in [-0.05, 0) is 30.5 Å². The molecule has 0 aliphatic heterocycles. The Morgan fingerprint density at radius 2 is 1.33 bits per heavy atom. The highest BCUT2D eigenvalue weighted by molar-refractivity contribution is 5.68. The Morgan fingerprint density at radius 1 is 0.778 bits per heavy atom. The third-order valence-electron chi connectivity index (χ3n) is 2.91. The van der Waals surface area contributed by atoms with Crippen LogP contribution in [0.25, 0.3) is 16.9 Å². The topological polar surface area (TPSA) is 9.23 Å². The van der Waals surface area contributed by atoms with E-state index in [9.17, 15) is 0 Å². The van der Waals surface area contributed by atoms with Crippen molar-refractivity contribution in [2.24, 2.45) is 0 Å². The molecule has 2 rings (SSSR count). The maximum atomic E-state index is 5.42. The number of rotatable bonds is 3. The van der Waals surface area contributed by atoms with Gasteiger partial charge in [0.2, 0.25) is 0 Å². The maximum absolute atomic E-state index is 5.42. The van der Waals surface area contributed by atoms with Gasteiger partial charge in [0.05, 0.1) is 7.11 Å². The Kier molecular flexibility index (Phi) is 3.83. The van der Waals surface area contributed by atoms with E-state index in [2.05, 4.69) is 62.4 Å². The molecule has 0 atom stereocenters. The lowest BCUT2D eigenvalue weighted by atomic mass is 10.0. The van der Waals surface area contributed by atoms with Crippen LogP contribution in [0.1, 0.15) is 19.4 Å². The van der Waals surface area contributed by atoms with Crippen LogP contribution in [0, 0.1) is 0 Å². The first kappa shape index (κ1) is 12.4. The summed E-state index contributed by atoms with van der Waals surface area (Å²) in [5, 5.41) is 0. The molecular formula is C17H18O. The van der Waals surface area contributed by atoms with Crippen molar-refractivity contribution in [2.75, 3.05) is 7.11 Å². The van der Waals surface area contributed by atoms with Crippen molar-refractivity contribution in [1.82, 2.24) is 0 Å². The molecule has 0 aromatic heterocycles. The minimum Gasteiger partial charge on any atom is -0.496 e. The molecule has 0 heterocycles. The lowest BCUT2D eigenvalue weighted by molar-refractivity contribution is 0.367. The molecule has 0 aliphatic carbocycles. The first-order valence-corrected chi connectivity index (χ1v) is 6.09. The zero-order valence-corrected chi connectivity index (χ0v) is 11.1. The molecule has 1 heteroatoms. The van der Waals surface area contributed by atoms with Gasteiger partial charge in [0, 0.05) is 5.56 Å². The van der Waals surface area contributed by atoms with Crippen molar-refractivity contribution < 1.29 is 4.74 Å². The summed E-state index contributed by atoms with van der Waals surface area (Å²) < 4.78 is 5.42. The van der Waals surface area contributed by atoms with Gasteiger partial charge >= 0.3 is 0 Å². The van der Waals surface area contributed by atoms with Gasteiger partial charge in [0.15, 0.2) is 0 Å². The monoisotopic (exact) mass is 238 g/mol. The second kappa shape index (κ2) is 5.54. The lowest BCUT2D eigenvalue weighted by Gasteiger charge is -2.09. The van der Waals surface area contributed by atoms with E-state index in [0.717, 1.165) is 11.3 Å². The summed E-state index contributed by atoms with van der Waals surface area (Å²) in [7, 11) is 1.72. The van der Waals surface area contributed by atoms with Crippen LogP contribution in [0.15, 0.2) is 60.2 Å². The summed E-state index contributed by atoms with van der Waals surface area (Å²) in [4.78, 5) is 0. The number of ether oxygens (including phenoxy) is 1. The van der Waals surface area contributed by atoms with E-state index < -0.39 is 0 Å². The van der Waals surface area contributed by atoms with Gasteiger partial charge in [0.25, 0.3) is 0 Å². The first-order chi connectivity index (χ1) is 8.72. The summed E-state index contributed by atoms with van der Waals surface area (Å²) in [6.45, 7) is 4.12. The van der Waals surface area contributed by atoms with E-state index in [1.54, 1.807) is 7.11 Å². The molecule has 18 heavy (non-hydrogen) atoms. The Balaban J connectivity index is 2.34. The average molecular weight is 238 g/mol. The van der Waals surface area contributed by atoms with Crippen molar-refractivity contribution in [3.63, 3.8) is 0 Å². The zero-order valence-electron chi connectivity index (χ0n) is 11.1. The van der Waals surface area contributed by atoms with Crippen molar-refractivity contribution in [2.45, 2.75) is 13.8 Å². The molecule has 0 spiro atoms. The van der Waals surface area contributed by atoms with Crippen LogP contribution in [-0.4, -0.2) is 7.11 Å². The summed E-state index contributed by atoms with van der Waals surface area (Å²) in [6, 6.07) is 18.9. The molecule has 0 N–H and O–H groups in total. The molecule has 2 aromatic rings. The normalized spacial score (nSPS) is 9.94. The molecule has 0 fully saturated rings. The molecule has 0 saturated heterocycles. The number of benzene rings is 2. The van der Waals surface area contributed by atoms with Gasteiger partial charge in [-0.3, -0.25) is 0 Å². The fourth-order valence-electron chi connectivity index (χ4n) is 2.06. The van der Waals surface area contributed by atoms with Gasteiger partial charge in [-0.2, -0.15) is 0 Å². The highest BCUT2D eigenvalue weighted by atomic mass is 16.5. The van der Waals surface area contributed by atoms with Crippen LogP contribution in [0.5, 0.6) is 0 Å². The molecular weight excluding hydrogens is 220 g/mol. The van der Waals surface area contributed by atoms with Gasteiger partial charge in [-0.15, -0.1) is 0 Å². The van der Waals surface area contributed by atoms with E-state index in [1.807, 2.05) is 6.07 Å². The third kappa shape index (κ3) is 2.62. The van der Waals surface area contributed by atoms with E-state index >= 15 is 0 Å². The van der Waals surface area contributed by atoms with Crippen molar-refractivity contribution in [3.8, 4) is 11.1 Å². The van der Waals surface area contributed by atoms with Crippen molar-refractivity contribution in [3.05, 3.63) is 65.7 Å². The molecule has 0 saturated carbocycles. The van der Waals surface area contributed by atoms with Crippen molar-refractivity contribution in [1.29, 1.82) is 0 Å². The van der Waals surface area contributed by atoms with E-state index in [0.29, 0.717) is 0 Å². The minimum absolute atomic E-state index is 0.953. The largest absolute Gasteiger partial charge is 0.496 e. The molecule has 2 aromatic carbocycles. The van der Waals surface area contributed by atoms with Gasteiger partial charge in [0.1, 0.15) is 5.76 Å². The smallest absolute Gasteiger partial charge is 0.124 e. The average Bonchev–Trinajstić information content (AvgIpc) is 2.41. The van der Waals surface area contributed by atoms with Gasteiger partial charge in [-0.1, -0.05) is 54.6 Å². The highest BCUT2D eigenvalue weighted by Gasteiger charge is 2.04. The Morgan fingerprint density at radius 3 is 1.83 bits per heavy atom. The van der Waals surface area contributed by atoms with Crippen LogP contribution < -0.4 is 0 Å². The van der Waals surface area contributed by atoms with Crippen LogP contribution >= 0.6 is 0 Å². The van der Waals surface area contributed by atoms with Crippen LogP contribution in [0.2, 0.25) is 0 Å². The number of allylic oxidation sites excluding steroid dienone is 1. The highest BCUT2D eigenvalue weighted by Crippen LogP contribution is 2.24. The Labute approximate surface area is 109 Å². The molecule has 0 radical (unpaired) electrons. The predicted molar refractivity (Wildman–Crippen MR) is 77.2 cm³/mol. The molecule has 0 amide bonds. The standard InChI is InChI=1S/C17H18O/c1-13(2)17(18-3)16-11-9-15(10-12-16)14-7-5-4-6-8-14/h4-12H,1-3H3. The molecule has 92 valence electrons. The second-order valence-electron chi connectivity index (χ2n) is 4.48. The molecule has 0 bridgehead atoms.